The van der Waals surface area contributed by atoms with Crippen LogP contribution in [0, 0.1) is 5.41 Å². The first kappa shape index (κ1) is 8.74. The molecule has 5 heteroatoms. The molecule has 0 spiro atoms. The second kappa shape index (κ2) is 4.60. The van der Waals surface area contributed by atoms with Gasteiger partial charge < -0.3 is 9.47 Å². The number of amides is 1. The monoisotopic (exact) mass is 146 g/mol. The summed E-state index contributed by atoms with van der Waals surface area (Å²) in [7, 11) is 1.26. The third-order valence-corrected chi connectivity index (χ3v) is 0.691. The molecule has 0 aliphatic carbocycles. The average molecular weight is 146 g/mol. The van der Waals surface area contributed by atoms with E-state index in [9.17, 15) is 4.79 Å². The van der Waals surface area contributed by atoms with Crippen molar-refractivity contribution in [3.63, 3.8) is 0 Å². The molecule has 0 rings (SSSR count). The Hall–Kier alpha value is -1.26. The van der Waals surface area contributed by atoms with Crippen LogP contribution in [0.2, 0.25) is 0 Å². The highest BCUT2D eigenvalue weighted by Crippen LogP contribution is 1.74. The summed E-state index contributed by atoms with van der Waals surface area (Å²) in [4.78, 5) is 10.3. The normalized spacial score (nSPS) is 8.20. The predicted octanol–water partition coefficient (Wildman–Crippen LogP) is 0.314. The maximum atomic E-state index is 10.3. The maximum Gasteiger partial charge on any atom is 0.409 e. The van der Waals surface area contributed by atoms with E-state index in [2.05, 4.69) is 14.8 Å². The number of rotatable bonds is 2. The molecule has 58 valence electrons. The molecule has 0 saturated carbocycles. The molecule has 5 nitrogen and oxygen atoms in total. The van der Waals surface area contributed by atoms with Crippen molar-refractivity contribution in [3.05, 3.63) is 0 Å². The second-order valence-corrected chi connectivity index (χ2v) is 1.51. The molecule has 0 aromatic rings. The molecule has 10 heavy (non-hydrogen) atoms. The fourth-order valence-corrected chi connectivity index (χ4v) is 0.275. The Morgan fingerprint density at radius 3 is 2.70 bits per heavy atom. The van der Waals surface area contributed by atoms with Crippen LogP contribution < -0.4 is 5.32 Å². The zero-order chi connectivity index (χ0) is 7.98. The van der Waals surface area contributed by atoms with E-state index in [1.165, 1.54) is 14.0 Å². The van der Waals surface area contributed by atoms with E-state index < -0.39 is 6.09 Å². The molecule has 2 N–H and O–H groups in total. The van der Waals surface area contributed by atoms with Gasteiger partial charge in [-0.3, -0.25) is 10.7 Å². The molecule has 0 bridgehead atoms. The molecule has 0 saturated heterocycles. The third-order valence-electron chi connectivity index (χ3n) is 0.691. The Labute approximate surface area is 58.8 Å². The van der Waals surface area contributed by atoms with Crippen LogP contribution >= 0.6 is 0 Å². The van der Waals surface area contributed by atoms with Crippen LogP contribution in [0.5, 0.6) is 0 Å². The number of ether oxygens (including phenoxy) is 2. The Balaban J connectivity index is 3.20. The average Bonchev–Trinajstić information content (AvgIpc) is 1.87. The highest BCUT2D eigenvalue weighted by molar-refractivity contribution is 5.70. The van der Waals surface area contributed by atoms with E-state index in [0.29, 0.717) is 0 Å². The van der Waals surface area contributed by atoms with E-state index in [1.807, 2.05) is 0 Å². The van der Waals surface area contributed by atoms with Gasteiger partial charge in [0.1, 0.15) is 0 Å². The molecule has 0 aliphatic heterocycles. The quantitative estimate of drug-likeness (QED) is 0.334. The van der Waals surface area contributed by atoms with Crippen molar-refractivity contribution in [2.45, 2.75) is 6.92 Å². The van der Waals surface area contributed by atoms with Crippen LogP contribution in [-0.2, 0) is 9.47 Å². The van der Waals surface area contributed by atoms with Crippen LogP contribution in [-0.4, -0.2) is 25.8 Å². The standard InChI is InChI=1S/C5H10N2O3/c1-4(6)10-3-7-5(8)9-2/h6H,3H2,1-2H3,(H,7,8). The van der Waals surface area contributed by atoms with Gasteiger partial charge in [-0.05, 0) is 0 Å². The maximum absolute atomic E-state index is 10.3. The van der Waals surface area contributed by atoms with E-state index in [4.69, 9.17) is 5.41 Å². The van der Waals surface area contributed by atoms with Crippen molar-refractivity contribution in [1.82, 2.24) is 5.32 Å². The fourth-order valence-electron chi connectivity index (χ4n) is 0.275. The lowest BCUT2D eigenvalue weighted by molar-refractivity contribution is 0.157. The molecular formula is C5H10N2O3. The van der Waals surface area contributed by atoms with Crippen LogP contribution in [0.1, 0.15) is 6.92 Å². The molecule has 0 aromatic heterocycles. The molecular weight excluding hydrogens is 136 g/mol. The molecule has 0 aliphatic rings. The minimum absolute atomic E-state index is 0.0258. The van der Waals surface area contributed by atoms with Gasteiger partial charge in [0.25, 0.3) is 0 Å². The number of methoxy groups -OCH3 is 1. The zero-order valence-corrected chi connectivity index (χ0v) is 5.93. The van der Waals surface area contributed by atoms with Gasteiger partial charge in [-0.25, -0.2) is 4.79 Å². The summed E-state index contributed by atoms with van der Waals surface area (Å²) >= 11 is 0. The van der Waals surface area contributed by atoms with Crippen molar-refractivity contribution >= 4 is 12.0 Å². The van der Waals surface area contributed by atoms with Gasteiger partial charge in [-0.1, -0.05) is 0 Å². The van der Waals surface area contributed by atoms with Crippen molar-refractivity contribution in [2.75, 3.05) is 13.8 Å². The van der Waals surface area contributed by atoms with Crippen molar-refractivity contribution in [3.8, 4) is 0 Å². The summed E-state index contributed by atoms with van der Waals surface area (Å²) in [6.07, 6.45) is -0.568. The molecule has 0 heterocycles. The number of carbonyl (C=O) groups excluding carboxylic acids is 1. The van der Waals surface area contributed by atoms with Gasteiger partial charge in [0.2, 0.25) is 0 Å². The third kappa shape index (κ3) is 4.89. The Morgan fingerprint density at radius 2 is 2.30 bits per heavy atom. The summed E-state index contributed by atoms with van der Waals surface area (Å²) in [6, 6.07) is 0. The second-order valence-electron chi connectivity index (χ2n) is 1.51. The van der Waals surface area contributed by atoms with Gasteiger partial charge in [0.15, 0.2) is 12.6 Å². The highest BCUT2D eigenvalue weighted by Gasteiger charge is 1.95. The van der Waals surface area contributed by atoms with Crippen molar-refractivity contribution < 1.29 is 14.3 Å². The first-order valence-corrected chi connectivity index (χ1v) is 2.66. The van der Waals surface area contributed by atoms with Gasteiger partial charge in [-0.15, -0.1) is 0 Å². The van der Waals surface area contributed by atoms with Crippen LogP contribution in [0.3, 0.4) is 0 Å². The number of alkyl carbamates (subject to hydrolysis) is 1. The Kier molecular flexibility index (Phi) is 4.02. The SMILES string of the molecule is COC(=O)NCOC(C)=N. The summed E-state index contributed by atoms with van der Waals surface area (Å²) in [5.74, 6) is 0.0522. The lowest BCUT2D eigenvalue weighted by Crippen LogP contribution is -2.26. The van der Waals surface area contributed by atoms with Gasteiger partial charge in [0.05, 0.1) is 7.11 Å². The fraction of sp³-hybridized carbons (Fsp3) is 0.600. The topological polar surface area (TPSA) is 71.4 Å². The molecule has 0 aromatic carbocycles. The van der Waals surface area contributed by atoms with Crippen LogP contribution in [0.15, 0.2) is 0 Å². The minimum atomic E-state index is -0.568. The lowest BCUT2D eigenvalue weighted by Gasteiger charge is -2.03. The zero-order valence-electron chi connectivity index (χ0n) is 5.93. The largest absolute Gasteiger partial charge is 0.461 e. The first-order valence-electron chi connectivity index (χ1n) is 2.66. The molecule has 0 unspecified atom stereocenters. The summed E-state index contributed by atoms with van der Waals surface area (Å²) in [5.41, 5.74) is 0. The predicted molar refractivity (Wildman–Crippen MR) is 34.9 cm³/mol. The van der Waals surface area contributed by atoms with E-state index in [1.54, 1.807) is 0 Å². The smallest absolute Gasteiger partial charge is 0.409 e. The Bertz CT molecular complexity index is 135. The number of nitrogens with one attached hydrogen (secondary N) is 2. The van der Waals surface area contributed by atoms with E-state index in [0.717, 1.165) is 0 Å². The summed E-state index contributed by atoms with van der Waals surface area (Å²) < 4.78 is 8.82. The number of carbonyl (C=O) groups is 1. The highest BCUT2D eigenvalue weighted by atomic mass is 16.6. The van der Waals surface area contributed by atoms with Crippen LogP contribution in [0.25, 0.3) is 0 Å². The Morgan fingerprint density at radius 1 is 1.70 bits per heavy atom. The van der Waals surface area contributed by atoms with Gasteiger partial charge in [-0.2, -0.15) is 0 Å². The van der Waals surface area contributed by atoms with Gasteiger partial charge >= 0.3 is 6.09 Å². The van der Waals surface area contributed by atoms with E-state index >= 15 is 0 Å². The number of hydrogen-bond acceptors (Lipinski definition) is 4. The van der Waals surface area contributed by atoms with Crippen LogP contribution in [0.4, 0.5) is 4.79 Å². The first-order chi connectivity index (χ1) is 4.66. The molecule has 1 amide bonds. The van der Waals surface area contributed by atoms with Crippen molar-refractivity contribution in [1.29, 1.82) is 5.41 Å². The van der Waals surface area contributed by atoms with E-state index in [-0.39, 0.29) is 12.6 Å². The molecule has 0 radical (unpaired) electrons. The lowest BCUT2D eigenvalue weighted by atomic mass is 10.8. The molecule has 0 atom stereocenters. The summed E-state index contributed by atoms with van der Waals surface area (Å²) in [6.45, 7) is 1.45. The molecule has 0 fully saturated rings. The van der Waals surface area contributed by atoms with Crippen molar-refractivity contribution in [2.24, 2.45) is 0 Å². The number of hydrogen-bond donors (Lipinski definition) is 2. The van der Waals surface area contributed by atoms with Gasteiger partial charge in [0, 0.05) is 6.92 Å². The minimum Gasteiger partial charge on any atom is -0.461 e. The summed E-state index contributed by atoms with van der Waals surface area (Å²) in [5, 5.41) is 9.02.